The molecule has 0 saturated heterocycles. The highest BCUT2D eigenvalue weighted by atomic mass is 35.5. The number of nitrogens with zero attached hydrogens (tertiary/aromatic N) is 2. The van der Waals surface area contributed by atoms with E-state index in [9.17, 15) is 14.9 Å². The summed E-state index contributed by atoms with van der Waals surface area (Å²) in [7, 11) is 1.60. The Balaban J connectivity index is 2.21. The first kappa shape index (κ1) is 16.3. The number of halogens is 2. The summed E-state index contributed by atoms with van der Waals surface area (Å²) in [4.78, 5) is 24.1. The van der Waals surface area contributed by atoms with Crippen LogP contribution in [0, 0.1) is 10.1 Å². The Kier molecular flexibility index (Phi) is 5.00. The predicted molar refractivity (Wildman–Crippen MR) is 85.4 cm³/mol. The van der Waals surface area contributed by atoms with Gasteiger partial charge in [-0.25, -0.2) is 0 Å². The van der Waals surface area contributed by atoms with Crippen LogP contribution >= 0.6 is 23.2 Å². The Hall–Kier alpha value is -2.11. The first-order valence-electron chi connectivity index (χ1n) is 6.32. The van der Waals surface area contributed by atoms with Gasteiger partial charge in [0.1, 0.15) is 0 Å². The number of nitro groups is 1. The van der Waals surface area contributed by atoms with Crippen molar-refractivity contribution in [3.05, 3.63) is 73.8 Å². The van der Waals surface area contributed by atoms with E-state index in [2.05, 4.69) is 0 Å². The molecule has 0 bridgehead atoms. The fourth-order valence-corrected chi connectivity index (χ4v) is 2.26. The zero-order chi connectivity index (χ0) is 16.3. The largest absolute Gasteiger partial charge is 0.337 e. The van der Waals surface area contributed by atoms with Gasteiger partial charge in [-0.1, -0.05) is 35.3 Å². The molecule has 2 rings (SSSR count). The highest BCUT2D eigenvalue weighted by molar-refractivity contribution is 6.34. The third-order valence-electron chi connectivity index (χ3n) is 3.07. The first-order chi connectivity index (χ1) is 10.4. The molecule has 0 spiro atoms. The third kappa shape index (κ3) is 3.75. The van der Waals surface area contributed by atoms with E-state index >= 15 is 0 Å². The highest BCUT2D eigenvalue weighted by Gasteiger charge is 2.19. The number of carbonyl (C=O) groups excluding carboxylic acids is 1. The second-order valence-corrected chi connectivity index (χ2v) is 5.55. The zero-order valence-electron chi connectivity index (χ0n) is 11.6. The molecular formula is C15H12Cl2N2O3. The maximum absolute atomic E-state index is 12.4. The molecule has 7 heteroatoms. The van der Waals surface area contributed by atoms with Gasteiger partial charge in [-0.15, -0.1) is 0 Å². The van der Waals surface area contributed by atoms with Crippen molar-refractivity contribution in [1.29, 1.82) is 0 Å². The van der Waals surface area contributed by atoms with Crippen molar-refractivity contribution in [3.8, 4) is 0 Å². The molecule has 0 unspecified atom stereocenters. The van der Waals surface area contributed by atoms with Crippen molar-refractivity contribution >= 4 is 34.8 Å². The second kappa shape index (κ2) is 6.77. The van der Waals surface area contributed by atoms with Crippen LogP contribution in [0.4, 0.5) is 5.69 Å². The summed E-state index contributed by atoms with van der Waals surface area (Å²) >= 11 is 11.8. The molecule has 22 heavy (non-hydrogen) atoms. The van der Waals surface area contributed by atoms with Crippen LogP contribution in [-0.4, -0.2) is 22.8 Å². The lowest BCUT2D eigenvalue weighted by atomic mass is 10.1. The molecule has 0 atom stereocenters. The van der Waals surface area contributed by atoms with E-state index in [0.717, 1.165) is 5.56 Å². The van der Waals surface area contributed by atoms with E-state index in [0.29, 0.717) is 11.6 Å². The van der Waals surface area contributed by atoms with Crippen LogP contribution < -0.4 is 0 Å². The van der Waals surface area contributed by atoms with Crippen molar-refractivity contribution in [2.75, 3.05) is 7.05 Å². The van der Waals surface area contributed by atoms with E-state index in [-0.39, 0.29) is 22.2 Å². The summed E-state index contributed by atoms with van der Waals surface area (Å²) in [6.45, 7) is 0.342. The van der Waals surface area contributed by atoms with Crippen LogP contribution in [0.1, 0.15) is 15.9 Å². The summed E-state index contributed by atoms with van der Waals surface area (Å²) in [6, 6.07) is 10.9. The van der Waals surface area contributed by atoms with Gasteiger partial charge >= 0.3 is 0 Å². The number of hydrogen-bond donors (Lipinski definition) is 0. The molecule has 0 saturated carbocycles. The van der Waals surface area contributed by atoms with E-state index in [1.165, 1.54) is 23.1 Å². The zero-order valence-corrected chi connectivity index (χ0v) is 13.1. The molecule has 0 aliphatic rings. The number of rotatable bonds is 4. The van der Waals surface area contributed by atoms with Gasteiger partial charge in [-0.2, -0.15) is 0 Å². The fourth-order valence-electron chi connectivity index (χ4n) is 1.93. The van der Waals surface area contributed by atoms with Gasteiger partial charge in [0.25, 0.3) is 11.6 Å². The maximum atomic E-state index is 12.4. The van der Waals surface area contributed by atoms with Crippen LogP contribution in [0.5, 0.6) is 0 Å². The Morgan fingerprint density at radius 3 is 2.41 bits per heavy atom. The van der Waals surface area contributed by atoms with Gasteiger partial charge in [0, 0.05) is 30.7 Å². The van der Waals surface area contributed by atoms with Gasteiger partial charge in [0.2, 0.25) is 0 Å². The second-order valence-electron chi connectivity index (χ2n) is 4.71. The minimum absolute atomic E-state index is 0.104. The Morgan fingerprint density at radius 1 is 1.18 bits per heavy atom. The van der Waals surface area contributed by atoms with Gasteiger partial charge in [0.05, 0.1) is 15.5 Å². The summed E-state index contributed by atoms with van der Waals surface area (Å²) in [5, 5.41) is 11.6. The molecule has 1 amide bonds. The van der Waals surface area contributed by atoms with Gasteiger partial charge in [-0.05, 0) is 23.8 Å². The average molecular weight is 339 g/mol. The molecule has 114 valence electrons. The molecule has 0 aliphatic heterocycles. The standard InChI is InChI=1S/C15H12Cl2N2O3/c1-18(9-10-2-4-11(16)5-3-10)15(20)13-8-12(19(21)22)6-7-14(13)17/h2-8H,9H2,1H3. The summed E-state index contributed by atoms with van der Waals surface area (Å²) in [6.07, 6.45) is 0. The lowest BCUT2D eigenvalue weighted by Gasteiger charge is -2.18. The van der Waals surface area contributed by atoms with Gasteiger partial charge in [-0.3, -0.25) is 14.9 Å². The van der Waals surface area contributed by atoms with E-state index in [4.69, 9.17) is 23.2 Å². The third-order valence-corrected chi connectivity index (χ3v) is 3.65. The first-order valence-corrected chi connectivity index (χ1v) is 7.08. The van der Waals surface area contributed by atoms with Crippen molar-refractivity contribution in [1.82, 2.24) is 4.90 Å². The molecule has 2 aromatic carbocycles. The maximum Gasteiger partial charge on any atom is 0.270 e. The predicted octanol–water partition coefficient (Wildman–Crippen LogP) is 4.17. The number of hydrogen-bond acceptors (Lipinski definition) is 3. The normalized spacial score (nSPS) is 10.3. The molecule has 0 fully saturated rings. The number of non-ortho nitro benzene ring substituents is 1. The molecule has 0 heterocycles. The molecule has 5 nitrogen and oxygen atoms in total. The molecule has 0 aliphatic carbocycles. The van der Waals surface area contributed by atoms with Gasteiger partial charge < -0.3 is 4.90 Å². The van der Waals surface area contributed by atoms with E-state index in [1.807, 2.05) is 0 Å². The molecule has 0 aromatic heterocycles. The number of nitro benzene ring substituents is 1. The van der Waals surface area contributed by atoms with Crippen molar-refractivity contribution in [2.45, 2.75) is 6.54 Å². The minimum atomic E-state index is -0.563. The number of amides is 1. The van der Waals surface area contributed by atoms with Crippen LogP contribution in [0.3, 0.4) is 0 Å². The van der Waals surface area contributed by atoms with Crippen molar-refractivity contribution in [3.63, 3.8) is 0 Å². The summed E-state index contributed by atoms with van der Waals surface area (Å²) < 4.78 is 0. The smallest absolute Gasteiger partial charge is 0.270 e. The highest BCUT2D eigenvalue weighted by Crippen LogP contribution is 2.23. The van der Waals surface area contributed by atoms with Gasteiger partial charge in [0.15, 0.2) is 0 Å². The Morgan fingerprint density at radius 2 is 1.82 bits per heavy atom. The van der Waals surface area contributed by atoms with Crippen molar-refractivity contribution < 1.29 is 9.72 Å². The SMILES string of the molecule is CN(Cc1ccc(Cl)cc1)C(=O)c1cc([N+](=O)[O-])ccc1Cl. The molecule has 0 radical (unpaired) electrons. The number of benzene rings is 2. The fraction of sp³-hybridized carbons (Fsp3) is 0.133. The molecular weight excluding hydrogens is 327 g/mol. The monoisotopic (exact) mass is 338 g/mol. The van der Waals surface area contributed by atoms with Crippen LogP contribution in [0.2, 0.25) is 10.0 Å². The Labute approximate surface area is 137 Å². The van der Waals surface area contributed by atoms with Crippen LogP contribution in [0.15, 0.2) is 42.5 Å². The van der Waals surface area contributed by atoms with Crippen molar-refractivity contribution in [2.24, 2.45) is 0 Å². The topological polar surface area (TPSA) is 63.5 Å². The Bertz CT molecular complexity index is 717. The van der Waals surface area contributed by atoms with Crippen LogP contribution in [0.25, 0.3) is 0 Å². The lowest BCUT2D eigenvalue weighted by Crippen LogP contribution is -2.26. The quantitative estimate of drug-likeness (QED) is 0.620. The van der Waals surface area contributed by atoms with E-state index < -0.39 is 4.92 Å². The average Bonchev–Trinajstić information content (AvgIpc) is 2.49. The minimum Gasteiger partial charge on any atom is -0.337 e. The summed E-state index contributed by atoms with van der Waals surface area (Å²) in [5.41, 5.74) is 0.821. The molecule has 0 N–H and O–H groups in total. The van der Waals surface area contributed by atoms with Crippen LogP contribution in [-0.2, 0) is 6.54 Å². The lowest BCUT2D eigenvalue weighted by molar-refractivity contribution is -0.384. The number of carbonyl (C=O) groups is 1. The summed E-state index contributed by atoms with van der Waals surface area (Å²) in [5.74, 6) is -0.386. The van der Waals surface area contributed by atoms with E-state index in [1.54, 1.807) is 31.3 Å². The molecule has 2 aromatic rings.